The first-order valence-electron chi connectivity index (χ1n) is 4.24. The Morgan fingerprint density at radius 1 is 1.25 bits per heavy atom. The fourth-order valence-corrected chi connectivity index (χ4v) is 3.75. The minimum atomic E-state index is -0.398. The second kappa shape index (κ2) is 14.0. The van der Waals surface area contributed by atoms with Gasteiger partial charge in [-0.2, -0.15) is 12.6 Å². The van der Waals surface area contributed by atoms with Crippen LogP contribution in [-0.2, 0) is 4.74 Å². The van der Waals surface area contributed by atoms with Crippen molar-refractivity contribution in [2.45, 2.75) is 0 Å². The Morgan fingerprint density at radius 3 is 2.69 bits per heavy atom. The van der Waals surface area contributed by atoms with E-state index in [9.17, 15) is 4.79 Å². The molecule has 0 bridgehead atoms. The number of hydrogen-bond donors (Lipinski definition) is 3. The lowest BCUT2D eigenvalue weighted by Crippen LogP contribution is -2.23. The van der Waals surface area contributed by atoms with Gasteiger partial charge in [0.2, 0.25) is 0 Å². The summed E-state index contributed by atoms with van der Waals surface area (Å²) >= 11 is 10.2. The van der Waals surface area contributed by atoms with Crippen LogP contribution in [0, 0.1) is 0 Å². The number of aliphatic hydroxyl groups is 1. The van der Waals surface area contributed by atoms with Crippen molar-refractivity contribution in [1.82, 2.24) is 5.32 Å². The van der Waals surface area contributed by atoms with Crippen molar-refractivity contribution >= 4 is 65.8 Å². The Hall–Kier alpha value is 0.980. The SMILES string of the molecule is O=C(NCSCSCS)OCSCSCO. The summed E-state index contributed by atoms with van der Waals surface area (Å²) in [5, 5.41) is 13.5. The Bertz CT molecular complexity index is 158. The van der Waals surface area contributed by atoms with Crippen LogP contribution in [-0.4, -0.2) is 44.2 Å². The molecule has 2 N–H and O–H groups in total. The number of ether oxygens (including phenoxy) is 1. The van der Waals surface area contributed by atoms with E-state index in [1.165, 1.54) is 23.5 Å². The van der Waals surface area contributed by atoms with Crippen LogP contribution >= 0.6 is 59.7 Å². The molecular weight excluding hydrogens is 306 g/mol. The molecule has 16 heavy (non-hydrogen) atoms. The van der Waals surface area contributed by atoms with Crippen molar-refractivity contribution in [3.8, 4) is 0 Å². The lowest BCUT2D eigenvalue weighted by molar-refractivity contribution is 0.168. The monoisotopic (exact) mass is 321 g/mol. The van der Waals surface area contributed by atoms with Crippen molar-refractivity contribution in [1.29, 1.82) is 0 Å². The second-order valence-electron chi connectivity index (χ2n) is 2.18. The van der Waals surface area contributed by atoms with Crippen molar-refractivity contribution in [2.75, 3.05) is 33.0 Å². The lowest BCUT2D eigenvalue weighted by Gasteiger charge is -2.05. The highest BCUT2D eigenvalue weighted by Crippen LogP contribution is 2.12. The van der Waals surface area contributed by atoms with Crippen molar-refractivity contribution in [2.24, 2.45) is 0 Å². The van der Waals surface area contributed by atoms with E-state index in [4.69, 9.17) is 9.84 Å². The summed E-state index contributed by atoms with van der Waals surface area (Å²) < 4.78 is 4.88. The summed E-state index contributed by atoms with van der Waals surface area (Å²) in [7, 11) is 0. The number of rotatable bonds is 10. The van der Waals surface area contributed by atoms with Gasteiger partial charge in [0.25, 0.3) is 0 Å². The van der Waals surface area contributed by atoms with Crippen LogP contribution in [0.5, 0.6) is 0 Å². The molecule has 0 aromatic heterocycles. The maximum absolute atomic E-state index is 11.1. The van der Waals surface area contributed by atoms with E-state index in [0.717, 1.165) is 15.3 Å². The minimum absolute atomic E-state index is 0.0959. The van der Waals surface area contributed by atoms with Crippen LogP contribution in [0.2, 0.25) is 0 Å². The molecule has 1 amide bonds. The quantitative estimate of drug-likeness (QED) is 0.324. The molecule has 0 fully saturated rings. The van der Waals surface area contributed by atoms with Crippen molar-refractivity contribution < 1.29 is 14.6 Å². The van der Waals surface area contributed by atoms with Gasteiger partial charge in [-0.05, 0) is 0 Å². The molecule has 0 atom stereocenters. The summed E-state index contributed by atoms with van der Waals surface area (Å²) in [4.78, 5) is 11.1. The first kappa shape index (κ1) is 17.0. The van der Waals surface area contributed by atoms with Crippen LogP contribution in [0.4, 0.5) is 4.79 Å². The highest BCUT2D eigenvalue weighted by Gasteiger charge is 2.00. The highest BCUT2D eigenvalue weighted by molar-refractivity contribution is 8.19. The minimum Gasteiger partial charge on any atom is -0.438 e. The molecule has 96 valence electrons. The third-order valence-electron chi connectivity index (χ3n) is 1.11. The summed E-state index contributed by atoms with van der Waals surface area (Å²) in [6.07, 6.45) is -0.398. The van der Waals surface area contributed by atoms with Crippen LogP contribution in [0.25, 0.3) is 0 Å². The van der Waals surface area contributed by atoms with E-state index >= 15 is 0 Å². The normalized spacial score (nSPS) is 10.1. The average Bonchev–Trinajstić information content (AvgIpc) is 2.28. The fourth-order valence-electron chi connectivity index (χ4n) is 0.524. The highest BCUT2D eigenvalue weighted by atomic mass is 32.2. The summed E-state index contributed by atoms with van der Waals surface area (Å²) in [5.41, 5.74) is 0. The number of aliphatic hydroxyl groups excluding tert-OH is 1. The lowest BCUT2D eigenvalue weighted by atomic mass is 11.1. The van der Waals surface area contributed by atoms with E-state index < -0.39 is 6.09 Å². The molecule has 0 radical (unpaired) electrons. The molecule has 0 spiro atoms. The van der Waals surface area contributed by atoms with Gasteiger partial charge < -0.3 is 15.2 Å². The molecule has 0 unspecified atom stereocenters. The van der Waals surface area contributed by atoms with Gasteiger partial charge in [0, 0.05) is 15.3 Å². The van der Waals surface area contributed by atoms with Gasteiger partial charge in [0.1, 0.15) is 5.94 Å². The number of thiol groups is 1. The Labute approximate surface area is 118 Å². The topological polar surface area (TPSA) is 58.6 Å². The zero-order valence-electron chi connectivity index (χ0n) is 8.59. The van der Waals surface area contributed by atoms with Crippen LogP contribution in [0.1, 0.15) is 0 Å². The molecule has 0 aromatic carbocycles. The van der Waals surface area contributed by atoms with E-state index in [-0.39, 0.29) is 5.94 Å². The molecule has 0 saturated carbocycles. The fraction of sp³-hybridized carbons (Fsp3) is 0.857. The smallest absolute Gasteiger partial charge is 0.408 e. The molecule has 0 aliphatic carbocycles. The first-order chi connectivity index (χ1) is 7.81. The van der Waals surface area contributed by atoms with Crippen molar-refractivity contribution in [3.63, 3.8) is 0 Å². The van der Waals surface area contributed by atoms with E-state index in [0.29, 0.717) is 11.8 Å². The van der Waals surface area contributed by atoms with Gasteiger partial charge in [0.05, 0.1) is 11.8 Å². The van der Waals surface area contributed by atoms with E-state index in [2.05, 4.69) is 17.9 Å². The number of carbonyl (C=O) groups excluding carboxylic acids is 1. The molecule has 0 rings (SSSR count). The van der Waals surface area contributed by atoms with E-state index in [1.54, 1.807) is 23.5 Å². The molecule has 0 heterocycles. The predicted octanol–water partition coefficient (Wildman–Crippen LogP) is 2.31. The molecule has 0 aromatic rings. The van der Waals surface area contributed by atoms with Gasteiger partial charge in [-0.3, -0.25) is 0 Å². The molecular formula is C7H15NO3S5. The number of carbonyl (C=O) groups is 1. The molecule has 0 aliphatic heterocycles. The third kappa shape index (κ3) is 13.0. The Kier molecular flexibility index (Phi) is 14.9. The van der Waals surface area contributed by atoms with Gasteiger partial charge in [0.15, 0.2) is 0 Å². The average molecular weight is 322 g/mol. The van der Waals surface area contributed by atoms with Crippen molar-refractivity contribution in [3.05, 3.63) is 0 Å². The standard InChI is InChI=1S/C7H15NO3S5/c9-2-14-6-15-3-11-7(10)8-1-13-5-16-4-12/h9,12H,1-6H2,(H,8,10). The zero-order valence-corrected chi connectivity index (χ0v) is 12.7. The van der Waals surface area contributed by atoms with Crippen LogP contribution in [0.3, 0.4) is 0 Å². The maximum atomic E-state index is 11.1. The molecule has 4 nitrogen and oxygen atoms in total. The van der Waals surface area contributed by atoms with Crippen LogP contribution < -0.4 is 5.32 Å². The van der Waals surface area contributed by atoms with Gasteiger partial charge in [-0.1, -0.05) is 0 Å². The second-order valence-corrected chi connectivity index (χ2v) is 7.52. The Morgan fingerprint density at radius 2 is 2.00 bits per heavy atom. The summed E-state index contributed by atoms with van der Waals surface area (Å²) in [5.74, 6) is 0.962. The largest absolute Gasteiger partial charge is 0.438 e. The molecule has 0 saturated heterocycles. The summed E-state index contributed by atoms with van der Waals surface area (Å²) in [6.45, 7) is 0. The Balaban J connectivity index is 3.12. The van der Waals surface area contributed by atoms with Gasteiger partial charge >= 0.3 is 6.09 Å². The van der Waals surface area contributed by atoms with E-state index in [1.807, 2.05) is 0 Å². The molecule has 9 heteroatoms. The number of thioether (sulfide) groups is 4. The zero-order chi connectivity index (χ0) is 12.1. The first-order valence-corrected chi connectivity index (χ1v) is 9.49. The number of alkyl carbamates (subject to hydrolysis) is 1. The molecule has 0 aliphatic rings. The number of hydrogen-bond acceptors (Lipinski definition) is 8. The number of amides is 1. The van der Waals surface area contributed by atoms with Crippen LogP contribution in [0.15, 0.2) is 0 Å². The third-order valence-corrected chi connectivity index (χ3v) is 5.32. The summed E-state index contributed by atoms with van der Waals surface area (Å²) in [6, 6.07) is 0. The maximum Gasteiger partial charge on any atom is 0.408 e. The van der Waals surface area contributed by atoms with Gasteiger partial charge in [-0.25, -0.2) is 4.79 Å². The number of nitrogens with one attached hydrogen (secondary N) is 1. The van der Waals surface area contributed by atoms with Gasteiger partial charge in [-0.15, -0.1) is 47.0 Å². The predicted molar refractivity (Wildman–Crippen MR) is 80.4 cm³/mol.